The second-order valence-electron chi connectivity index (χ2n) is 3.11. The molecule has 0 aliphatic carbocycles. The molecule has 0 amide bonds. The number of nitrogens with one attached hydrogen (secondary N) is 1. The minimum atomic E-state index is 0.463. The highest BCUT2D eigenvalue weighted by Gasteiger charge is 2.00. The van der Waals surface area contributed by atoms with E-state index in [-0.39, 0.29) is 0 Å². The van der Waals surface area contributed by atoms with Crippen molar-refractivity contribution in [3.05, 3.63) is 41.7 Å². The molecule has 0 spiro atoms. The van der Waals surface area contributed by atoms with Gasteiger partial charge in [0.15, 0.2) is 0 Å². The van der Waals surface area contributed by atoms with Gasteiger partial charge < -0.3 is 5.32 Å². The first kappa shape index (κ1) is 11.0. The normalized spacial score (nSPS) is 10.1. The van der Waals surface area contributed by atoms with Gasteiger partial charge in [-0.25, -0.2) is 0 Å². The Labute approximate surface area is 103 Å². The molecule has 82 valence electrons. The average molecular weight is 253 g/mol. The summed E-state index contributed by atoms with van der Waals surface area (Å²) in [6.45, 7) is 0.463. The number of hydrogen-bond donors (Lipinski definition) is 1. The van der Waals surface area contributed by atoms with Gasteiger partial charge in [0.05, 0.1) is 12.4 Å². The number of anilines is 1. The Hall–Kier alpha value is -1.46. The molecule has 2 aromatic rings. The fraction of sp³-hybridized carbons (Fsp3) is 0.100. The van der Waals surface area contributed by atoms with Crippen LogP contribution in [0.25, 0.3) is 0 Å². The molecule has 0 bridgehead atoms. The van der Waals surface area contributed by atoms with Crippen LogP contribution in [-0.2, 0) is 6.54 Å². The van der Waals surface area contributed by atoms with Gasteiger partial charge in [-0.05, 0) is 24.3 Å². The number of benzene rings is 1. The van der Waals surface area contributed by atoms with Gasteiger partial charge in [-0.1, -0.05) is 23.8 Å². The fourth-order valence-electron chi connectivity index (χ4n) is 1.19. The van der Waals surface area contributed by atoms with Crippen LogP contribution in [-0.4, -0.2) is 20.0 Å². The molecule has 0 radical (unpaired) electrons. The van der Waals surface area contributed by atoms with Crippen molar-refractivity contribution in [2.45, 2.75) is 6.54 Å². The lowest BCUT2D eigenvalue weighted by atomic mass is 10.3. The Morgan fingerprint density at radius 3 is 2.50 bits per heavy atom. The minimum absolute atomic E-state index is 0.463. The molecule has 4 nitrogen and oxygen atoms in total. The first-order valence-electron chi connectivity index (χ1n) is 4.63. The molecule has 0 unspecified atom stereocenters. The lowest BCUT2D eigenvalue weighted by molar-refractivity contribution is 0.622. The van der Waals surface area contributed by atoms with Crippen molar-refractivity contribution >= 4 is 34.5 Å². The molecule has 16 heavy (non-hydrogen) atoms. The highest BCUT2D eigenvalue weighted by molar-refractivity contribution is 7.80. The zero-order valence-electron chi connectivity index (χ0n) is 8.30. The lowest BCUT2D eigenvalue weighted by Gasteiger charge is -2.07. The van der Waals surface area contributed by atoms with Gasteiger partial charge in [0, 0.05) is 10.7 Å². The maximum atomic E-state index is 5.78. The van der Waals surface area contributed by atoms with Crippen LogP contribution in [0.3, 0.4) is 0 Å². The predicted molar refractivity (Wildman–Crippen MR) is 67.7 cm³/mol. The number of thiocarbonyl (C=S) groups is 1. The highest BCUT2D eigenvalue weighted by Crippen LogP contribution is 2.13. The maximum absolute atomic E-state index is 5.78. The van der Waals surface area contributed by atoms with Gasteiger partial charge in [0.1, 0.15) is 11.5 Å². The molecule has 2 rings (SSSR count). The van der Waals surface area contributed by atoms with Gasteiger partial charge in [-0.15, -0.1) is 0 Å². The summed E-state index contributed by atoms with van der Waals surface area (Å²) in [6.07, 6.45) is 3.23. The van der Waals surface area contributed by atoms with E-state index < -0.39 is 0 Å². The van der Waals surface area contributed by atoms with Crippen LogP contribution >= 0.6 is 23.8 Å². The van der Waals surface area contributed by atoms with E-state index in [0.717, 1.165) is 5.69 Å². The van der Waals surface area contributed by atoms with E-state index in [1.807, 2.05) is 12.1 Å². The van der Waals surface area contributed by atoms with E-state index >= 15 is 0 Å². The lowest BCUT2D eigenvalue weighted by Crippen LogP contribution is -2.18. The van der Waals surface area contributed by atoms with Crippen molar-refractivity contribution in [1.82, 2.24) is 15.0 Å². The summed E-state index contributed by atoms with van der Waals surface area (Å²) in [7, 11) is 0. The SMILES string of the molecule is S=C(Cn1nccn1)Nc1ccc(Cl)cc1. The van der Waals surface area contributed by atoms with E-state index in [2.05, 4.69) is 15.5 Å². The summed E-state index contributed by atoms with van der Waals surface area (Å²) in [5.74, 6) is 0. The van der Waals surface area contributed by atoms with Crippen molar-refractivity contribution in [2.24, 2.45) is 0 Å². The van der Waals surface area contributed by atoms with E-state index in [1.165, 1.54) is 4.80 Å². The van der Waals surface area contributed by atoms with Crippen LogP contribution in [0, 0.1) is 0 Å². The van der Waals surface area contributed by atoms with Gasteiger partial charge in [-0.2, -0.15) is 15.0 Å². The molecule has 0 fully saturated rings. The monoisotopic (exact) mass is 252 g/mol. The summed E-state index contributed by atoms with van der Waals surface area (Å²) in [5, 5.41) is 11.7. The molecule has 0 atom stereocenters. The predicted octanol–water partition coefficient (Wildman–Crippen LogP) is 2.37. The minimum Gasteiger partial charge on any atom is -0.348 e. The Bertz CT molecular complexity index is 466. The van der Waals surface area contributed by atoms with Crippen LogP contribution < -0.4 is 5.32 Å². The zero-order valence-corrected chi connectivity index (χ0v) is 9.87. The van der Waals surface area contributed by atoms with E-state index in [0.29, 0.717) is 16.6 Å². The summed E-state index contributed by atoms with van der Waals surface area (Å²) < 4.78 is 0. The Morgan fingerprint density at radius 1 is 1.25 bits per heavy atom. The summed E-state index contributed by atoms with van der Waals surface area (Å²) in [4.78, 5) is 2.17. The Balaban J connectivity index is 1.95. The van der Waals surface area contributed by atoms with Crippen molar-refractivity contribution < 1.29 is 0 Å². The van der Waals surface area contributed by atoms with Gasteiger partial charge in [0.25, 0.3) is 0 Å². The van der Waals surface area contributed by atoms with Crippen LogP contribution in [0.5, 0.6) is 0 Å². The van der Waals surface area contributed by atoms with Crippen molar-refractivity contribution in [3.8, 4) is 0 Å². The molecule has 0 saturated heterocycles. The van der Waals surface area contributed by atoms with Gasteiger partial charge >= 0.3 is 0 Å². The number of rotatable bonds is 3. The third kappa shape index (κ3) is 3.01. The summed E-state index contributed by atoms with van der Waals surface area (Å²) in [6, 6.07) is 7.34. The molecule has 0 aliphatic heterocycles. The number of halogens is 1. The number of nitrogens with zero attached hydrogens (tertiary/aromatic N) is 3. The third-order valence-corrected chi connectivity index (χ3v) is 2.36. The Kier molecular flexibility index (Phi) is 3.48. The standard InChI is InChI=1S/C10H9ClN4S/c11-8-1-3-9(4-2-8)14-10(16)7-15-12-5-6-13-15/h1-6H,7H2,(H,14,16). The molecule has 1 aromatic carbocycles. The van der Waals surface area contributed by atoms with Gasteiger partial charge in [0.2, 0.25) is 0 Å². The first-order valence-corrected chi connectivity index (χ1v) is 5.42. The molecule has 0 saturated carbocycles. The first-order chi connectivity index (χ1) is 7.74. The van der Waals surface area contributed by atoms with Crippen LogP contribution in [0.4, 0.5) is 5.69 Å². The molecule has 6 heteroatoms. The quantitative estimate of drug-likeness (QED) is 0.852. The fourth-order valence-corrected chi connectivity index (χ4v) is 1.55. The number of aromatic nitrogens is 3. The zero-order chi connectivity index (χ0) is 11.4. The van der Waals surface area contributed by atoms with E-state index in [1.54, 1.807) is 24.5 Å². The highest BCUT2D eigenvalue weighted by atomic mass is 35.5. The summed E-state index contributed by atoms with van der Waals surface area (Å²) in [5.41, 5.74) is 0.904. The number of hydrogen-bond acceptors (Lipinski definition) is 3. The molecule has 1 N–H and O–H groups in total. The van der Waals surface area contributed by atoms with Crippen molar-refractivity contribution in [1.29, 1.82) is 0 Å². The maximum Gasteiger partial charge on any atom is 0.111 e. The average Bonchev–Trinajstić information content (AvgIpc) is 2.74. The van der Waals surface area contributed by atoms with Crippen LogP contribution in [0.2, 0.25) is 5.02 Å². The molecule has 0 aliphatic rings. The summed E-state index contributed by atoms with van der Waals surface area (Å²) >= 11 is 11.0. The smallest absolute Gasteiger partial charge is 0.111 e. The third-order valence-electron chi connectivity index (χ3n) is 1.88. The van der Waals surface area contributed by atoms with Crippen LogP contribution in [0.15, 0.2) is 36.7 Å². The molecular formula is C10H9ClN4S. The van der Waals surface area contributed by atoms with E-state index in [9.17, 15) is 0 Å². The largest absolute Gasteiger partial charge is 0.348 e. The van der Waals surface area contributed by atoms with Crippen LogP contribution in [0.1, 0.15) is 0 Å². The van der Waals surface area contributed by atoms with E-state index in [4.69, 9.17) is 23.8 Å². The second-order valence-corrected chi connectivity index (χ2v) is 4.04. The molecular weight excluding hydrogens is 244 g/mol. The second kappa shape index (κ2) is 5.05. The molecule has 1 heterocycles. The molecule has 1 aromatic heterocycles. The van der Waals surface area contributed by atoms with Gasteiger partial charge in [-0.3, -0.25) is 0 Å². The Morgan fingerprint density at radius 2 is 1.88 bits per heavy atom. The van der Waals surface area contributed by atoms with Crippen molar-refractivity contribution in [3.63, 3.8) is 0 Å². The topological polar surface area (TPSA) is 42.7 Å². The van der Waals surface area contributed by atoms with Crippen molar-refractivity contribution in [2.75, 3.05) is 5.32 Å².